The minimum absolute atomic E-state index is 0.0933. The highest BCUT2D eigenvalue weighted by molar-refractivity contribution is 6.13. The number of ketones is 1. The number of carbonyl (C=O) groups excluding carboxylic acids is 2. The molecule has 154 valence electrons. The molecule has 1 aromatic carbocycles. The van der Waals surface area contributed by atoms with Crippen molar-refractivity contribution in [2.45, 2.75) is 18.9 Å². The Kier molecular flexibility index (Phi) is 6.61. The first-order valence-corrected chi connectivity index (χ1v) is 9.37. The first-order valence-electron chi connectivity index (χ1n) is 9.37. The number of methoxy groups -OCH3 is 2. The molecule has 1 aliphatic rings. The Morgan fingerprint density at radius 2 is 2.03 bits per heavy atom. The molecule has 0 amide bonds. The third-order valence-corrected chi connectivity index (χ3v) is 4.97. The number of nitrogens with two attached hydrogens (primary N) is 1. The van der Waals surface area contributed by atoms with Crippen molar-refractivity contribution in [2.24, 2.45) is 0 Å². The monoisotopic (exact) mass is 399 g/mol. The van der Waals surface area contributed by atoms with Crippen LogP contribution in [0.4, 0.5) is 11.8 Å². The van der Waals surface area contributed by atoms with E-state index in [4.69, 9.17) is 15.2 Å². The molecule has 0 atom stereocenters. The fourth-order valence-electron chi connectivity index (χ4n) is 3.32. The molecule has 1 aromatic heterocycles. The molecule has 3 rings (SSSR count). The molecule has 1 fully saturated rings. The summed E-state index contributed by atoms with van der Waals surface area (Å²) in [4.78, 5) is 34.2. The lowest BCUT2D eigenvalue weighted by atomic mass is 10.0. The summed E-state index contributed by atoms with van der Waals surface area (Å²) in [7, 11) is 3.02. The van der Waals surface area contributed by atoms with Gasteiger partial charge in [-0.3, -0.25) is 9.69 Å². The molecule has 9 heteroatoms. The molecule has 3 N–H and O–H groups in total. The number of nitrogen functional groups attached to an aromatic ring is 1. The largest absolute Gasteiger partial charge is 0.497 e. The summed E-state index contributed by atoms with van der Waals surface area (Å²) in [6, 6.07) is 5.16. The average molecular weight is 399 g/mol. The fraction of sp³-hybridized carbons (Fsp3) is 0.400. The molecule has 0 bridgehead atoms. The van der Waals surface area contributed by atoms with Crippen molar-refractivity contribution in [3.63, 3.8) is 0 Å². The van der Waals surface area contributed by atoms with Crippen molar-refractivity contribution in [3.05, 3.63) is 35.5 Å². The number of likely N-dealkylation sites (tertiary alicyclic amines) is 1. The van der Waals surface area contributed by atoms with Gasteiger partial charge in [0.25, 0.3) is 0 Å². The zero-order valence-electron chi connectivity index (χ0n) is 16.6. The van der Waals surface area contributed by atoms with Gasteiger partial charge in [-0.25, -0.2) is 4.98 Å². The van der Waals surface area contributed by atoms with E-state index in [1.165, 1.54) is 20.4 Å². The van der Waals surface area contributed by atoms with Crippen LogP contribution in [-0.4, -0.2) is 66.8 Å². The number of rotatable bonds is 8. The second-order valence-corrected chi connectivity index (χ2v) is 6.77. The Labute approximate surface area is 169 Å². The number of hydrogen-bond donors (Lipinski definition) is 2. The van der Waals surface area contributed by atoms with E-state index in [-0.39, 0.29) is 23.2 Å². The topological polar surface area (TPSA) is 120 Å². The van der Waals surface area contributed by atoms with E-state index in [1.54, 1.807) is 18.2 Å². The molecular formula is C20H25N5O4. The van der Waals surface area contributed by atoms with Gasteiger partial charge in [0, 0.05) is 25.3 Å². The van der Waals surface area contributed by atoms with Gasteiger partial charge in [0.05, 0.1) is 31.9 Å². The van der Waals surface area contributed by atoms with Gasteiger partial charge in [0.15, 0.2) is 0 Å². The molecule has 29 heavy (non-hydrogen) atoms. The van der Waals surface area contributed by atoms with Crippen LogP contribution in [0.25, 0.3) is 0 Å². The summed E-state index contributed by atoms with van der Waals surface area (Å²) in [5.41, 5.74) is 6.58. The second kappa shape index (κ2) is 9.33. The van der Waals surface area contributed by atoms with Crippen molar-refractivity contribution in [3.8, 4) is 11.5 Å². The average Bonchev–Trinajstić information content (AvgIpc) is 2.74. The van der Waals surface area contributed by atoms with Crippen molar-refractivity contribution < 1.29 is 19.1 Å². The Morgan fingerprint density at radius 1 is 1.28 bits per heavy atom. The fourth-order valence-corrected chi connectivity index (χ4v) is 3.32. The highest BCUT2D eigenvalue weighted by Crippen LogP contribution is 2.27. The Morgan fingerprint density at radius 3 is 2.66 bits per heavy atom. The van der Waals surface area contributed by atoms with Crippen molar-refractivity contribution in [1.29, 1.82) is 0 Å². The molecule has 9 nitrogen and oxygen atoms in total. The van der Waals surface area contributed by atoms with Gasteiger partial charge < -0.3 is 25.3 Å². The van der Waals surface area contributed by atoms with Crippen LogP contribution in [0.15, 0.2) is 24.4 Å². The number of ether oxygens (including phenoxy) is 2. The smallest absolute Gasteiger partial charge is 0.224 e. The van der Waals surface area contributed by atoms with Gasteiger partial charge >= 0.3 is 0 Å². The molecule has 2 aromatic rings. The van der Waals surface area contributed by atoms with Gasteiger partial charge in [0.2, 0.25) is 11.7 Å². The maximum atomic E-state index is 13.0. The summed E-state index contributed by atoms with van der Waals surface area (Å²) in [6.45, 7) is 2.12. The van der Waals surface area contributed by atoms with Crippen LogP contribution in [0, 0.1) is 0 Å². The molecule has 1 aliphatic heterocycles. The van der Waals surface area contributed by atoms with E-state index < -0.39 is 0 Å². The van der Waals surface area contributed by atoms with E-state index in [0.29, 0.717) is 29.6 Å². The van der Waals surface area contributed by atoms with Gasteiger partial charge in [-0.2, -0.15) is 4.98 Å². The van der Waals surface area contributed by atoms with E-state index in [9.17, 15) is 9.59 Å². The van der Waals surface area contributed by atoms with Crippen LogP contribution in [0.3, 0.4) is 0 Å². The molecule has 2 heterocycles. The van der Waals surface area contributed by atoms with Crippen LogP contribution >= 0.6 is 0 Å². The van der Waals surface area contributed by atoms with Gasteiger partial charge in [-0.15, -0.1) is 0 Å². The summed E-state index contributed by atoms with van der Waals surface area (Å²) in [6.07, 6.45) is 4.09. The lowest BCUT2D eigenvalue weighted by Gasteiger charge is -2.31. The predicted octanol–water partition coefficient (Wildman–Crippen LogP) is 1.38. The van der Waals surface area contributed by atoms with E-state index in [1.807, 2.05) is 0 Å². The van der Waals surface area contributed by atoms with Crippen LogP contribution in [-0.2, 0) is 4.79 Å². The highest BCUT2D eigenvalue weighted by Gasteiger charge is 2.22. The number of anilines is 2. The summed E-state index contributed by atoms with van der Waals surface area (Å²) >= 11 is 0. The summed E-state index contributed by atoms with van der Waals surface area (Å²) in [5.74, 6) is 1.08. The minimum atomic E-state index is -0.341. The summed E-state index contributed by atoms with van der Waals surface area (Å²) < 4.78 is 10.5. The number of piperidine rings is 1. The first kappa shape index (κ1) is 20.5. The van der Waals surface area contributed by atoms with E-state index in [0.717, 1.165) is 32.2 Å². The number of hydrogen-bond acceptors (Lipinski definition) is 9. The standard InChI is InChI=1S/C20H25N5O4/c1-28-14-3-4-17(29-2)15(11-14)18(27)16-12-22-20(24-19(16)21)23-13-5-7-25(8-6-13)9-10-26/h3-4,10-13H,5-9H2,1-2H3,(H3,21,22,23,24). The maximum Gasteiger partial charge on any atom is 0.224 e. The number of nitrogens with zero attached hydrogens (tertiary/aromatic N) is 3. The number of benzene rings is 1. The van der Waals surface area contributed by atoms with Crippen molar-refractivity contribution in [2.75, 3.05) is 44.9 Å². The molecule has 0 unspecified atom stereocenters. The second-order valence-electron chi connectivity index (χ2n) is 6.77. The van der Waals surface area contributed by atoms with Crippen molar-refractivity contribution in [1.82, 2.24) is 14.9 Å². The first-order chi connectivity index (χ1) is 14.0. The van der Waals surface area contributed by atoms with Crippen LogP contribution in [0.5, 0.6) is 11.5 Å². The van der Waals surface area contributed by atoms with Crippen molar-refractivity contribution >= 4 is 23.8 Å². The Balaban J connectivity index is 1.73. The van der Waals surface area contributed by atoms with Crippen LogP contribution in [0.2, 0.25) is 0 Å². The number of aromatic nitrogens is 2. The Bertz CT molecular complexity index is 881. The van der Waals surface area contributed by atoms with E-state index >= 15 is 0 Å². The lowest BCUT2D eigenvalue weighted by molar-refractivity contribution is -0.109. The van der Waals surface area contributed by atoms with Crippen LogP contribution < -0.4 is 20.5 Å². The molecule has 1 saturated heterocycles. The molecule has 0 spiro atoms. The SMILES string of the molecule is COc1ccc(OC)c(C(=O)c2cnc(NC3CCN(CC=O)CC3)nc2N)c1. The molecule has 0 radical (unpaired) electrons. The predicted molar refractivity (Wildman–Crippen MR) is 109 cm³/mol. The molecular weight excluding hydrogens is 374 g/mol. The summed E-state index contributed by atoms with van der Waals surface area (Å²) in [5, 5.41) is 3.26. The van der Waals surface area contributed by atoms with Gasteiger partial charge in [-0.05, 0) is 31.0 Å². The van der Waals surface area contributed by atoms with Gasteiger partial charge in [-0.1, -0.05) is 0 Å². The minimum Gasteiger partial charge on any atom is -0.497 e. The quantitative estimate of drug-likeness (QED) is 0.501. The third-order valence-electron chi connectivity index (χ3n) is 4.97. The zero-order chi connectivity index (χ0) is 20.8. The molecule has 0 aliphatic carbocycles. The number of aldehydes is 1. The highest BCUT2D eigenvalue weighted by atomic mass is 16.5. The Hall–Kier alpha value is -3.20. The maximum absolute atomic E-state index is 13.0. The zero-order valence-corrected chi connectivity index (χ0v) is 16.6. The molecule has 0 saturated carbocycles. The lowest BCUT2D eigenvalue weighted by Crippen LogP contribution is -2.40. The normalized spacial score (nSPS) is 15.0. The van der Waals surface area contributed by atoms with Gasteiger partial charge in [0.1, 0.15) is 23.6 Å². The van der Waals surface area contributed by atoms with Crippen LogP contribution in [0.1, 0.15) is 28.8 Å². The van der Waals surface area contributed by atoms with E-state index in [2.05, 4.69) is 20.2 Å². The third kappa shape index (κ3) is 4.80. The number of carbonyl (C=O) groups is 2. The number of nitrogens with one attached hydrogen (secondary N) is 1.